The van der Waals surface area contributed by atoms with E-state index < -0.39 is 0 Å². The molecule has 0 aliphatic carbocycles. The van der Waals surface area contributed by atoms with Crippen LogP contribution >= 0.6 is 11.3 Å². The summed E-state index contributed by atoms with van der Waals surface area (Å²) in [6.07, 6.45) is 1.92. The van der Waals surface area contributed by atoms with Crippen molar-refractivity contribution in [2.45, 2.75) is 33.6 Å². The van der Waals surface area contributed by atoms with Crippen molar-refractivity contribution in [3.05, 3.63) is 51.0 Å². The van der Waals surface area contributed by atoms with Gasteiger partial charge in [0.15, 0.2) is 5.96 Å². The van der Waals surface area contributed by atoms with E-state index >= 15 is 0 Å². The molecule has 5 heteroatoms. The molecule has 0 spiro atoms. The predicted molar refractivity (Wildman–Crippen MR) is 99.5 cm³/mol. The minimum atomic E-state index is 0.840. The zero-order valence-electron chi connectivity index (χ0n) is 14.4. The van der Waals surface area contributed by atoms with Crippen molar-refractivity contribution < 1.29 is 0 Å². The van der Waals surface area contributed by atoms with Gasteiger partial charge in [-0.2, -0.15) is 0 Å². The Labute approximate surface area is 143 Å². The second-order valence-electron chi connectivity index (χ2n) is 5.71. The van der Waals surface area contributed by atoms with Crippen LogP contribution in [0.25, 0.3) is 0 Å². The van der Waals surface area contributed by atoms with Gasteiger partial charge in [-0.25, -0.2) is 4.98 Å². The van der Waals surface area contributed by atoms with Crippen LogP contribution in [0.1, 0.15) is 27.4 Å². The number of hydrogen-bond donors (Lipinski definition) is 2. The molecule has 0 fully saturated rings. The fourth-order valence-electron chi connectivity index (χ4n) is 2.49. The number of nitrogens with zero attached hydrogens (tertiary/aromatic N) is 2. The largest absolute Gasteiger partial charge is 0.356 e. The first-order valence-electron chi connectivity index (χ1n) is 8.00. The molecule has 1 aromatic heterocycles. The molecule has 0 radical (unpaired) electrons. The Bertz CT molecular complexity index is 661. The molecule has 0 aliphatic heterocycles. The summed E-state index contributed by atoms with van der Waals surface area (Å²) < 4.78 is 0. The van der Waals surface area contributed by atoms with Crippen LogP contribution < -0.4 is 10.6 Å². The SMILES string of the molecule is CN=C(NCCc1csc(C)n1)NCCc1ccc(C)cc1C. The number of hydrogen-bond acceptors (Lipinski definition) is 3. The van der Waals surface area contributed by atoms with E-state index in [-0.39, 0.29) is 0 Å². The third kappa shape index (κ3) is 5.67. The average molecular weight is 331 g/mol. The summed E-state index contributed by atoms with van der Waals surface area (Å²) in [5.41, 5.74) is 5.20. The van der Waals surface area contributed by atoms with Gasteiger partial charge < -0.3 is 10.6 Å². The molecule has 0 amide bonds. The Morgan fingerprint density at radius 3 is 2.48 bits per heavy atom. The molecular weight excluding hydrogens is 304 g/mol. The van der Waals surface area contributed by atoms with Gasteiger partial charge in [-0.1, -0.05) is 23.8 Å². The first kappa shape index (κ1) is 17.5. The summed E-state index contributed by atoms with van der Waals surface area (Å²) >= 11 is 1.70. The third-order valence-corrected chi connectivity index (χ3v) is 4.57. The number of guanidine groups is 1. The van der Waals surface area contributed by atoms with E-state index in [0.29, 0.717) is 0 Å². The second kappa shape index (κ2) is 8.67. The lowest BCUT2D eigenvalue weighted by Gasteiger charge is -2.12. The van der Waals surface area contributed by atoms with Gasteiger partial charge in [-0.05, 0) is 38.3 Å². The molecule has 0 aliphatic rings. The van der Waals surface area contributed by atoms with Crippen molar-refractivity contribution in [1.29, 1.82) is 0 Å². The summed E-state index contributed by atoms with van der Waals surface area (Å²) in [6.45, 7) is 8.05. The van der Waals surface area contributed by atoms with Crippen LogP contribution in [0, 0.1) is 20.8 Å². The van der Waals surface area contributed by atoms with E-state index in [1.54, 1.807) is 18.4 Å². The van der Waals surface area contributed by atoms with Gasteiger partial charge in [0, 0.05) is 31.9 Å². The van der Waals surface area contributed by atoms with Gasteiger partial charge in [0.05, 0.1) is 10.7 Å². The maximum absolute atomic E-state index is 4.47. The molecular formula is C18H26N4S. The number of rotatable bonds is 6. The number of aryl methyl sites for hydroxylation is 3. The van der Waals surface area contributed by atoms with Crippen LogP contribution in [0.4, 0.5) is 0 Å². The molecule has 2 N–H and O–H groups in total. The normalized spacial score (nSPS) is 11.6. The molecule has 2 rings (SSSR count). The Hall–Kier alpha value is -1.88. The number of thiazole rings is 1. The Balaban J connectivity index is 1.72. The second-order valence-corrected chi connectivity index (χ2v) is 6.78. The van der Waals surface area contributed by atoms with Gasteiger partial charge in [0.1, 0.15) is 0 Å². The molecule has 2 aromatic rings. The van der Waals surface area contributed by atoms with Crippen molar-refractivity contribution in [2.24, 2.45) is 4.99 Å². The molecule has 0 saturated heterocycles. The highest BCUT2D eigenvalue weighted by Crippen LogP contribution is 2.10. The molecule has 23 heavy (non-hydrogen) atoms. The summed E-state index contributed by atoms with van der Waals surface area (Å²) in [4.78, 5) is 8.74. The van der Waals surface area contributed by atoms with Crippen molar-refractivity contribution >= 4 is 17.3 Å². The fourth-order valence-corrected chi connectivity index (χ4v) is 3.14. The average Bonchev–Trinajstić information content (AvgIpc) is 2.93. The minimum Gasteiger partial charge on any atom is -0.356 e. The van der Waals surface area contributed by atoms with Crippen molar-refractivity contribution in [1.82, 2.24) is 15.6 Å². The van der Waals surface area contributed by atoms with Gasteiger partial charge in [0.25, 0.3) is 0 Å². The lowest BCUT2D eigenvalue weighted by Crippen LogP contribution is -2.39. The van der Waals surface area contributed by atoms with Crippen molar-refractivity contribution in [3.8, 4) is 0 Å². The lowest BCUT2D eigenvalue weighted by molar-refractivity contribution is 0.776. The molecule has 0 saturated carbocycles. The molecule has 0 unspecified atom stereocenters. The first-order valence-corrected chi connectivity index (χ1v) is 8.88. The molecule has 1 heterocycles. The first-order chi connectivity index (χ1) is 11.1. The predicted octanol–water partition coefficient (Wildman–Crippen LogP) is 3.02. The molecule has 124 valence electrons. The van der Waals surface area contributed by atoms with E-state index in [1.165, 1.54) is 16.7 Å². The standard InChI is InChI=1S/C18H26N4S/c1-13-5-6-16(14(2)11-13)7-9-20-18(19-4)21-10-8-17-12-23-15(3)22-17/h5-6,11-12H,7-10H2,1-4H3,(H2,19,20,21). The Morgan fingerprint density at radius 1 is 1.13 bits per heavy atom. The zero-order valence-corrected chi connectivity index (χ0v) is 15.3. The Kier molecular flexibility index (Phi) is 6.59. The molecule has 4 nitrogen and oxygen atoms in total. The van der Waals surface area contributed by atoms with E-state index in [0.717, 1.165) is 42.6 Å². The monoisotopic (exact) mass is 330 g/mol. The van der Waals surface area contributed by atoms with Gasteiger partial charge in [-0.3, -0.25) is 4.99 Å². The van der Waals surface area contributed by atoms with Crippen LogP contribution in [0.15, 0.2) is 28.6 Å². The van der Waals surface area contributed by atoms with Crippen LogP contribution in [0.3, 0.4) is 0 Å². The van der Waals surface area contributed by atoms with Crippen molar-refractivity contribution in [2.75, 3.05) is 20.1 Å². The van der Waals surface area contributed by atoms with E-state index in [1.807, 2.05) is 6.92 Å². The van der Waals surface area contributed by atoms with E-state index in [2.05, 4.69) is 58.0 Å². The Morgan fingerprint density at radius 2 is 1.87 bits per heavy atom. The van der Waals surface area contributed by atoms with Crippen LogP contribution in [-0.2, 0) is 12.8 Å². The smallest absolute Gasteiger partial charge is 0.190 e. The highest BCUT2D eigenvalue weighted by Gasteiger charge is 2.02. The maximum atomic E-state index is 4.47. The topological polar surface area (TPSA) is 49.3 Å². The number of nitrogens with one attached hydrogen (secondary N) is 2. The maximum Gasteiger partial charge on any atom is 0.190 e. The highest BCUT2D eigenvalue weighted by atomic mass is 32.1. The van der Waals surface area contributed by atoms with Crippen LogP contribution in [0.5, 0.6) is 0 Å². The van der Waals surface area contributed by atoms with E-state index in [9.17, 15) is 0 Å². The molecule has 1 aromatic carbocycles. The number of aliphatic imine (C=N–C) groups is 1. The summed E-state index contributed by atoms with van der Waals surface area (Å²) in [6, 6.07) is 6.62. The molecule has 0 bridgehead atoms. The number of benzene rings is 1. The minimum absolute atomic E-state index is 0.840. The fraction of sp³-hybridized carbons (Fsp3) is 0.444. The third-order valence-electron chi connectivity index (χ3n) is 3.75. The summed E-state index contributed by atoms with van der Waals surface area (Å²) in [5.74, 6) is 0.849. The van der Waals surface area contributed by atoms with Gasteiger partial charge in [-0.15, -0.1) is 11.3 Å². The zero-order chi connectivity index (χ0) is 16.7. The van der Waals surface area contributed by atoms with Gasteiger partial charge >= 0.3 is 0 Å². The van der Waals surface area contributed by atoms with Crippen molar-refractivity contribution in [3.63, 3.8) is 0 Å². The highest BCUT2D eigenvalue weighted by molar-refractivity contribution is 7.09. The van der Waals surface area contributed by atoms with Crippen LogP contribution in [0.2, 0.25) is 0 Å². The van der Waals surface area contributed by atoms with Gasteiger partial charge in [0.2, 0.25) is 0 Å². The quantitative estimate of drug-likeness (QED) is 0.632. The molecule has 0 atom stereocenters. The van der Waals surface area contributed by atoms with E-state index in [4.69, 9.17) is 0 Å². The van der Waals surface area contributed by atoms with Crippen LogP contribution in [-0.4, -0.2) is 31.1 Å². The number of aromatic nitrogens is 1. The lowest BCUT2D eigenvalue weighted by atomic mass is 10.0. The summed E-state index contributed by atoms with van der Waals surface area (Å²) in [5, 5.41) is 9.95. The summed E-state index contributed by atoms with van der Waals surface area (Å²) in [7, 11) is 1.81.